The Hall–Kier alpha value is -0.0800. The van der Waals surface area contributed by atoms with E-state index in [4.69, 9.17) is 4.74 Å². The zero-order valence-corrected chi connectivity index (χ0v) is 4.61. The molecule has 0 atom stereocenters. The molecule has 0 radical (unpaired) electrons. The second kappa shape index (κ2) is 2.28. The number of rotatable bonds is 2. The van der Waals surface area contributed by atoms with Gasteiger partial charge in [0.2, 0.25) is 0 Å². The highest BCUT2D eigenvalue weighted by atomic mass is 16.5. The standard InChI is InChI=1S/C5H11NO/c1-7-4-5-2-6-3-5/h5-6H,2-4H2,1H3. The van der Waals surface area contributed by atoms with Gasteiger partial charge in [0.05, 0.1) is 6.61 Å². The molecule has 1 N–H and O–H groups in total. The average Bonchev–Trinajstić information content (AvgIpc) is 1.55. The maximum atomic E-state index is 4.91. The molecule has 1 heterocycles. The van der Waals surface area contributed by atoms with Crippen LogP contribution in [-0.4, -0.2) is 26.8 Å². The predicted octanol–water partition coefficient (Wildman–Crippen LogP) is -0.148. The molecule has 0 aliphatic carbocycles. The van der Waals surface area contributed by atoms with Crippen molar-refractivity contribution in [2.45, 2.75) is 0 Å². The van der Waals surface area contributed by atoms with Gasteiger partial charge in [0.1, 0.15) is 0 Å². The minimum absolute atomic E-state index is 0.796. The number of hydrogen-bond acceptors (Lipinski definition) is 2. The van der Waals surface area contributed by atoms with E-state index in [1.54, 1.807) is 7.11 Å². The minimum atomic E-state index is 0.796. The monoisotopic (exact) mass is 101 g/mol. The molecule has 1 rings (SSSR count). The van der Waals surface area contributed by atoms with Crippen molar-refractivity contribution in [3.8, 4) is 0 Å². The summed E-state index contributed by atoms with van der Waals surface area (Å²) in [5.74, 6) is 0.796. The van der Waals surface area contributed by atoms with Crippen LogP contribution in [0, 0.1) is 5.92 Å². The van der Waals surface area contributed by atoms with E-state index in [-0.39, 0.29) is 0 Å². The molecule has 0 aromatic carbocycles. The van der Waals surface area contributed by atoms with Crippen molar-refractivity contribution in [1.82, 2.24) is 5.32 Å². The van der Waals surface area contributed by atoms with Gasteiger partial charge in [-0.3, -0.25) is 0 Å². The van der Waals surface area contributed by atoms with Crippen molar-refractivity contribution < 1.29 is 4.74 Å². The van der Waals surface area contributed by atoms with E-state index in [9.17, 15) is 0 Å². The fraction of sp³-hybridized carbons (Fsp3) is 1.00. The van der Waals surface area contributed by atoms with Crippen LogP contribution in [0.4, 0.5) is 0 Å². The first kappa shape index (κ1) is 5.06. The highest BCUT2D eigenvalue weighted by Crippen LogP contribution is 2.00. The van der Waals surface area contributed by atoms with Crippen molar-refractivity contribution in [1.29, 1.82) is 0 Å². The van der Waals surface area contributed by atoms with Crippen LogP contribution >= 0.6 is 0 Å². The van der Waals surface area contributed by atoms with Gasteiger partial charge in [-0.15, -0.1) is 0 Å². The SMILES string of the molecule is COCC1CNC1. The van der Waals surface area contributed by atoms with Crippen LogP contribution in [0.25, 0.3) is 0 Å². The van der Waals surface area contributed by atoms with Crippen molar-refractivity contribution in [3.63, 3.8) is 0 Å². The molecule has 7 heavy (non-hydrogen) atoms. The fourth-order valence-electron chi connectivity index (χ4n) is 0.702. The van der Waals surface area contributed by atoms with Gasteiger partial charge in [0.25, 0.3) is 0 Å². The number of ether oxygens (including phenoxy) is 1. The first-order valence-corrected chi connectivity index (χ1v) is 2.63. The molecular formula is C5H11NO. The summed E-state index contributed by atoms with van der Waals surface area (Å²) in [6, 6.07) is 0. The van der Waals surface area contributed by atoms with Crippen LogP contribution in [0.1, 0.15) is 0 Å². The first-order valence-electron chi connectivity index (χ1n) is 2.63. The lowest BCUT2D eigenvalue weighted by Gasteiger charge is -2.25. The Labute approximate surface area is 43.9 Å². The average molecular weight is 101 g/mol. The molecule has 0 saturated carbocycles. The summed E-state index contributed by atoms with van der Waals surface area (Å²) >= 11 is 0. The Balaban J connectivity index is 1.93. The van der Waals surface area contributed by atoms with E-state index >= 15 is 0 Å². The van der Waals surface area contributed by atoms with Gasteiger partial charge in [0, 0.05) is 26.1 Å². The third-order valence-electron chi connectivity index (χ3n) is 1.27. The zero-order chi connectivity index (χ0) is 5.11. The molecule has 1 aliphatic rings. The van der Waals surface area contributed by atoms with E-state index in [2.05, 4.69) is 5.32 Å². The molecule has 1 fully saturated rings. The molecule has 1 saturated heterocycles. The maximum absolute atomic E-state index is 4.91. The molecule has 0 aromatic rings. The van der Waals surface area contributed by atoms with Crippen molar-refractivity contribution in [3.05, 3.63) is 0 Å². The Morgan fingerprint density at radius 2 is 2.43 bits per heavy atom. The Morgan fingerprint density at radius 3 is 2.57 bits per heavy atom. The lowest BCUT2D eigenvalue weighted by atomic mass is 10.1. The molecule has 0 bridgehead atoms. The first-order chi connectivity index (χ1) is 3.43. The summed E-state index contributed by atoms with van der Waals surface area (Å²) < 4.78 is 4.91. The molecule has 0 aromatic heterocycles. The van der Waals surface area contributed by atoms with E-state index in [1.807, 2.05) is 0 Å². The van der Waals surface area contributed by atoms with E-state index < -0.39 is 0 Å². The van der Waals surface area contributed by atoms with Crippen LogP contribution in [-0.2, 0) is 4.74 Å². The third kappa shape index (κ3) is 1.14. The van der Waals surface area contributed by atoms with Crippen LogP contribution in [0.2, 0.25) is 0 Å². The third-order valence-corrected chi connectivity index (χ3v) is 1.27. The number of hydrogen-bond donors (Lipinski definition) is 1. The molecule has 2 heteroatoms. The second-order valence-electron chi connectivity index (χ2n) is 1.98. The Bertz CT molecular complexity index is 52.0. The summed E-state index contributed by atoms with van der Waals surface area (Å²) in [5.41, 5.74) is 0. The van der Waals surface area contributed by atoms with Gasteiger partial charge in [-0.05, 0) is 0 Å². The van der Waals surface area contributed by atoms with E-state index in [1.165, 1.54) is 0 Å². The van der Waals surface area contributed by atoms with Gasteiger partial charge in [-0.2, -0.15) is 0 Å². The number of nitrogens with one attached hydrogen (secondary N) is 1. The molecule has 0 unspecified atom stereocenters. The van der Waals surface area contributed by atoms with E-state index in [0.29, 0.717) is 0 Å². The Kier molecular flexibility index (Phi) is 1.65. The second-order valence-corrected chi connectivity index (χ2v) is 1.98. The quantitative estimate of drug-likeness (QED) is 0.522. The topological polar surface area (TPSA) is 21.3 Å². The minimum Gasteiger partial charge on any atom is -0.384 e. The van der Waals surface area contributed by atoms with Crippen molar-refractivity contribution in [2.75, 3.05) is 26.8 Å². The lowest BCUT2D eigenvalue weighted by molar-refractivity contribution is 0.124. The van der Waals surface area contributed by atoms with Gasteiger partial charge >= 0.3 is 0 Å². The molecule has 2 nitrogen and oxygen atoms in total. The van der Waals surface area contributed by atoms with Crippen molar-refractivity contribution in [2.24, 2.45) is 5.92 Å². The summed E-state index contributed by atoms with van der Waals surface area (Å²) in [5, 5.41) is 3.17. The largest absolute Gasteiger partial charge is 0.384 e. The summed E-state index contributed by atoms with van der Waals surface area (Å²) in [4.78, 5) is 0. The van der Waals surface area contributed by atoms with Gasteiger partial charge in [-0.25, -0.2) is 0 Å². The van der Waals surface area contributed by atoms with E-state index in [0.717, 1.165) is 25.6 Å². The smallest absolute Gasteiger partial charge is 0.0514 e. The van der Waals surface area contributed by atoms with Crippen LogP contribution in [0.5, 0.6) is 0 Å². The molecule has 0 amide bonds. The van der Waals surface area contributed by atoms with Crippen molar-refractivity contribution >= 4 is 0 Å². The van der Waals surface area contributed by atoms with Crippen LogP contribution < -0.4 is 5.32 Å². The van der Waals surface area contributed by atoms with Gasteiger partial charge in [-0.1, -0.05) is 0 Å². The number of methoxy groups -OCH3 is 1. The van der Waals surface area contributed by atoms with Crippen LogP contribution in [0.15, 0.2) is 0 Å². The molecular weight excluding hydrogens is 90.1 g/mol. The predicted molar refractivity (Wildman–Crippen MR) is 28.2 cm³/mol. The van der Waals surface area contributed by atoms with Gasteiger partial charge < -0.3 is 10.1 Å². The lowest BCUT2D eigenvalue weighted by Crippen LogP contribution is -2.44. The summed E-state index contributed by atoms with van der Waals surface area (Å²) in [7, 11) is 1.75. The summed E-state index contributed by atoms with van der Waals surface area (Å²) in [6.07, 6.45) is 0. The molecule has 0 spiro atoms. The molecule has 42 valence electrons. The Morgan fingerprint density at radius 1 is 1.71 bits per heavy atom. The normalized spacial score (nSPS) is 21.9. The maximum Gasteiger partial charge on any atom is 0.0514 e. The van der Waals surface area contributed by atoms with Gasteiger partial charge in [0.15, 0.2) is 0 Å². The highest BCUT2D eigenvalue weighted by Gasteiger charge is 2.14. The fourth-order valence-corrected chi connectivity index (χ4v) is 0.702. The zero-order valence-electron chi connectivity index (χ0n) is 4.61. The highest BCUT2D eigenvalue weighted by molar-refractivity contribution is 4.73. The molecule has 1 aliphatic heterocycles. The van der Waals surface area contributed by atoms with Crippen LogP contribution in [0.3, 0.4) is 0 Å². The summed E-state index contributed by atoms with van der Waals surface area (Å²) in [6.45, 7) is 3.22.